The minimum Gasteiger partial charge on any atom is -0.494 e. The number of nitrogens with one attached hydrogen (secondary N) is 2. The van der Waals surface area contributed by atoms with Crippen molar-refractivity contribution in [2.24, 2.45) is 0 Å². The molecule has 0 aliphatic carbocycles. The molecule has 168 valence electrons. The highest BCUT2D eigenvalue weighted by Gasteiger charge is 2.17. The van der Waals surface area contributed by atoms with Crippen LogP contribution in [0.5, 0.6) is 5.75 Å². The molecule has 2 N–H and O–H groups in total. The van der Waals surface area contributed by atoms with Crippen LogP contribution in [0.15, 0.2) is 77.7 Å². The van der Waals surface area contributed by atoms with E-state index in [1.807, 2.05) is 31.2 Å². The van der Waals surface area contributed by atoms with Crippen molar-refractivity contribution in [2.75, 3.05) is 17.9 Å². The summed E-state index contributed by atoms with van der Waals surface area (Å²) in [6.07, 6.45) is 1.54. The van der Waals surface area contributed by atoms with E-state index in [0.717, 1.165) is 24.2 Å². The maximum Gasteiger partial charge on any atom is 0.261 e. The lowest BCUT2D eigenvalue weighted by Crippen LogP contribution is -2.26. The smallest absolute Gasteiger partial charge is 0.261 e. The number of carbonyl (C=O) groups excluding carboxylic acids is 1. The van der Waals surface area contributed by atoms with Crippen molar-refractivity contribution >= 4 is 21.6 Å². The molecule has 1 amide bonds. The average Bonchev–Trinajstić information content (AvgIpc) is 2.79. The van der Waals surface area contributed by atoms with E-state index in [9.17, 15) is 13.2 Å². The topological polar surface area (TPSA) is 84.5 Å². The normalized spacial score (nSPS) is 11.1. The van der Waals surface area contributed by atoms with Crippen LogP contribution in [0.25, 0.3) is 0 Å². The number of aryl methyl sites for hydroxylation is 1. The zero-order chi connectivity index (χ0) is 23.0. The molecule has 0 unspecified atom stereocenters. The van der Waals surface area contributed by atoms with Gasteiger partial charge in [0.2, 0.25) is 0 Å². The fourth-order valence-electron chi connectivity index (χ4n) is 3.38. The highest BCUT2D eigenvalue weighted by molar-refractivity contribution is 7.92. The van der Waals surface area contributed by atoms with Gasteiger partial charge in [-0.3, -0.25) is 9.52 Å². The van der Waals surface area contributed by atoms with E-state index in [1.165, 1.54) is 12.1 Å². The number of ether oxygens (including phenoxy) is 1. The number of benzene rings is 3. The standard InChI is InChI=1S/C25H28N2O4S/c1-3-31-24-17-8-7-11-20(24)12-10-18-26-25(28)22-15-9-16-23(19(22)2)27-32(29,30)21-13-5-4-6-14-21/h4-9,11,13-17,27H,3,10,12,18H2,1-2H3,(H,26,28). The highest BCUT2D eigenvalue weighted by Crippen LogP contribution is 2.23. The first-order valence-corrected chi connectivity index (χ1v) is 12.1. The van der Waals surface area contributed by atoms with Gasteiger partial charge in [0.15, 0.2) is 0 Å². The van der Waals surface area contributed by atoms with Gasteiger partial charge in [-0.15, -0.1) is 0 Å². The number of anilines is 1. The van der Waals surface area contributed by atoms with Gasteiger partial charge < -0.3 is 10.1 Å². The van der Waals surface area contributed by atoms with Crippen molar-refractivity contribution in [3.05, 3.63) is 89.5 Å². The monoisotopic (exact) mass is 452 g/mol. The van der Waals surface area contributed by atoms with Gasteiger partial charge in [-0.2, -0.15) is 0 Å². The molecule has 3 aromatic carbocycles. The van der Waals surface area contributed by atoms with E-state index in [-0.39, 0.29) is 10.8 Å². The Bertz CT molecular complexity index is 1160. The Morgan fingerprint density at radius 2 is 1.66 bits per heavy atom. The number of rotatable bonds is 10. The lowest BCUT2D eigenvalue weighted by Gasteiger charge is -2.14. The zero-order valence-electron chi connectivity index (χ0n) is 18.3. The van der Waals surface area contributed by atoms with Crippen LogP contribution in [-0.2, 0) is 16.4 Å². The summed E-state index contributed by atoms with van der Waals surface area (Å²) in [7, 11) is -3.73. The molecule has 0 heterocycles. The van der Waals surface area contributed by atoms with Crippen molar-refractivity contribution in [1.82, 2.24) is 5.32 Å². The lowest BCUT2D eigenvalue weighted by molar-refractivity contribution is 0.0952. The van der Waals surface area contributed by atoms with Crippen LogP contribution in [-0.4, -0.2) is 27.5 Å². The van der Waals surface area contributed by atoms with Gasteiger partial charge in [-0.1, -0.05) is 42.5 Å². The Kier molecular flexibility index (Phi) is 7.89. The van der Waals surface area contributed by atoms with Crippen molar-refractivity contribution in [1.29, 1.82) is 0 Å². The fraction of sp³-hybridized carbons (Fsp3) is 0.240. The summed E-state index contributed by atoms with van der Waals surface area (Å²) in [5, 5.41) is 2.93. The van der Waals surface area contributed by atoms with Gasteiger partial charge in [0.05, 0.1) is 17.2 Å². The summed E-state index contributed by atoms with van der Waals surface area (Å²) in [5.74, 6) is 0.636. The van der Waals surface area contributed by atoms with Gasteiger partial charge in [0, 0.05) is 12.1 Å². The molecular weight excluding hydrogens is 424 g/mol. The molecule has 0 spiro atoms. The van der Waals surface area contributed by atoms with Crippen molar-refractivity contribution < 1.29 is 17.9 Å². The Morgan fingerprint density at radius 3 is 2.41 bits per heavy atom. The SMILES string of the molecule is CCOc1ccccc1CCCNC(=O)c1cccc(NS(=O)(=O)c2ccccc2)c1C. The molecular formula is C25H28N2O4S. The molecule has 0 saturated carbocycles. The third-order valence-electron chi connectivity index (χ3n) is 5.06. The van der Waals surface area contributed by atoms with Crippen molar-refractivity contribution in [3.63, 3.8) is 0 Å². The largest absolute Gasteiger partial charge is 0.494 e. The first-order chi connectivity index (χ1) is 15.4. The van der Waals surface area contributed by atoms with Crippen LogP contribution in [0, 0.1) is 6.92 Å². The number of hydrogen-bond acceptors (Lipinski definition) is 4. The Labute approximate surface area is 189 Å². The number of carbonyl (C=O) groups is 1. The molecule has 0 aliphatic rings. The van der Waals surface area contributed by atoms with E-state index < -0.39 is 10.0 Å². The molecule has 0 bridgehead atoms. The van der Waals surface area contributed by atoms with Crippen molar-refractivity contribution in [3.8, 4) is 5.75 Å². The maximum atomic E-state index is 12.7. The zero-order valence-corrected chi connectivity index (χ0v) is 19.1. The highest BCUT2D eigenvalue weighted by atomic mass is 32.2. The summed E-state index contributed by atoms with van der Waals surface area (Å²) >= 11 is 0. The first kappa shape index (κ1) is 23.3. The molecule has 32 heavy (non-hydrogen) atoms. The number of hydrogen-bond donors (Lipinski definition) is 2. The predicted molar refractivity (Wildman–Crippen MR) is 127 cm³/mol. The molecule has 0 radical (unpaired) electrons. The number of amides is 1. The Hall–Kier alpha value is -3.32. The fourth-order valence-corrected chi connectivity index (χ4v) is 4.52. The van der Waals surface area contributed by atoms with Crippen LogP contribution in [0.3, 0.4) is 0 Å². The molecule has 0 aromatic heterocycles. The summed E-state index contributed by atoms with van der Waals surface area (Å²) in [6.45, 7) is 4.79. The van der Waals surface area contributed by atoms with Gasteiger partial charge in [-0.05, 0) is 68.1 Å². The molecule has 6 nitrogen and oxygen atoms in total. The molecule has 0 saturated heterocycles. The van der Waals surface area contributed by atoms with Crippen molar-refractivity contribution in [2.45, 2.75) is 31.6 Å². The minimum atomic E-state index is -3.73. The predicted octanol–water partition coefficient (Wildman–Crippen LogP) is 4.56. The van der Waals surface area contributed by atoms with E-state index >= 15 is 0 Å². The first-order valence-electron chi connectivity index (χ1n) is 10.6. The summed E-state index contributed by atoms with van der Waals surface area (Å²) in [5.41, 5.74) is 2.50. The molecule has 0 aliphatic heterocycles. The third-order valence-corrected chi connectivity index (χ3v) is 6.44. The molecule has 0 atom stereocenters. The summed E-state index contributed by atoms with van der Waals surface area (Å²) in [4.78, 5) is 12.9. The van der Waals surface area contributed by atoms with E-state index in [0.29, 0.717) is 30.0 Å². The van der Waals surface area contributed by atoms with Gasteiger partial charge in [0.1, 0.15) is 5.75 Å². The number of sulfonamides is 1. The minimum absolute atomic E-state index is 0.168. The van der Waals surface area contributed by atoms with Crippen LogP contribution >= 0.6 is 0 Å². The Balaban J connectivity index is 1.62. The quantitative estimate of drug-likeness (QED) is 0.442. The van der Waals surface area contributed by atoms with Gasteiger partial charge in [0.25, 0.3) is 15.9 Å². The average molecular weight is 453 g/mol. The van der Waals surface area contributed by atoms with E-state index in [1.54, 1.807) is 43.3 Å². The van der Waals surface area contributed by atoms with Gasteiger partial charge in [-0.25, -0.2) is 8.42 Å². The van der Waals surface area contributed by atoms with E-state index in [4.69, 9.17) is 4.74 Å². The van der Waals surface area contributed by atoms with Crippen LogP contribution < -0.4 is 14.8 Å². The van der Waals surface area contributed by atoms with Gasteiger partial charge >= 0.3 is 0 Å². The molecule has 7 heteroatoms. The molecule has 3 aromatic rings. The van der Waals surface area contributed by atoms with E-state index in [2.05, 4.69) is 10.0 Å². The summed E-state index contributed by atoms with van der Waals surface area (Å²) in [6, 6.07) is 21.0. The molecule has 0 fully saturated rings. The second-order valence-corrected chi connectivity index (χ2v) is 8.98. The van der Waals surface area contributed by atoms with Crippen LogP contribution in [0.1, 0.15) is 34.8 Å². The lowest BCUT2D eigenvalue weighted by atomic mass is 10.1. The maximum absolute atomic E-state index is 12.7. The Morgan fingerprint density at radius 1 is 0.938 bits per heavy atom. The van der Waals surface area contributed by atoms with Crippen LogP contribution in [0.2, 0.25) is 0 Å². The summed E-state index contributed by atoms with van der Waals surface area (Å²) < 4.78 is 33.5. The number of para-hydroxylation sites is 1. The molecule has 3 rings (SSSR count). The second kappa shape index (κ2) is 10.8. The van der Waals surface area contributed by atoms with Crippen LogP contribution in [0.4, 0.5) is 5.69 Å². The second-order valence-electron chi connectivity index (χ2n) is 7.30. The third kappa shape index (κ3) is 5.88.